The van der Waals surface area contributed by atoms with Gasteiger partial charge in [0.15, 0.2) is 0 Å². The number of thiazole rings is 1. The van der Waals surface area contributed by atoms with E-state index < -0.39 is 0 Å². The molecule has 0 aromatic carbocycles. The van der Waals surface area contributed by atoms with Crippen molar-refractivity contribution in [3.8, 4) is 0 Å². The van der Waals surface area contributed by atoms with Crippen molar-refractivity contribution in [2.24, 2.45) is 5.92 Å². The molecule has 0 atom stereocenters. The fourth-order valence-corrected chi connectivity index (χ4v) is 4.61. The zero-order valence-electron chi connectivity index (χ0n) is 17.3. The monoisotopic (exact) mass is 407 g/mol. The van der Waals surface area contributed by atoms with E-state index >= 15 is 0 Å². The Labute approximate surface area is 172 Å². The Hall–Kier alpha value is -1.51. The predicted molar refractivity (Wildman–Crippen MR) is 111 cm³/mol. The molecule has 0 saturated carbocycles. The predicted octanol–water partition coefficient (Wildman–Crippen LogP) is 1.33. The summed E-state index contributed by atoms with van der Waals surface area (Å²) < 4.78 is 0. The number of likely N-dealkylation sites (tertiary alicyclic amines) is 1. The van der Waals surface area contributed by atoms with Crippen molar-refractivity contribution >= 4 is 23.2 Å². The van der Waals surface area contributed by atoms with Crippen LogP contribution in [0.5, 0.6) is 0 Å². The molecule has 28 heavy (non-hydrogen) atoms. The fourth-order valence-electron chi connectivity index (χ4n) is 4.00. The van der Waals surface area contributed by atoms with Crippen molar-refractivity contribution in [2.75, 3.05) is 45.8 Å². The number of carbonyl (C=O) groups excluding carboxylic acids is 2. The largest absolute Gasteiger partial charge is 0.353 e. The lowest BCUT2D eigenvalue weighted by molar-refractivity contribution is -0.139. The summed E-state index contributed by atoms with van der Waals surface area (Å²) >= 11 is 1.70. The van der Waals surface area contributed by atoms with E-state index in [0.29, 0.717) is 12.5 Å². The van der Waals surface area contributed by atoms with E-state index in [9.17, 15) is 9.59 Å². The summed E-state index contributed by atoms with van der Waals surface area (Å²) in [6.45, 7) is 12.2. The molecule has 2 aliphatic heterocycles. The van der Waals surface area contributed by atoms with Crippen molar-refractivity contribution in [3.63, 3.8) is 0 Å². The molecule has 0 bridgehead atoms. The Balaban J connectivity index is 1.38. The maximum atomic E-state index is 12.9. The number of aromatic nitrogens is 1. The summed E-state index contributed by atoms with van der Waals surface area (Å²) in [5, 5.41) is 6.17. The Bertz CT molecular complexity index is 661. The molecule has 2 fully saturated rings. The number of piperidine rings is 1. The molecule has 2 amide bonds. The van der Waals surface area contributed by atoms with Gasteiger partial charge in [-0.1, -0.05) is 0 Å². The lowest BCUT2D eigenvalue weighted by Crippen LogP contribution is -2.53. The average molecular weight is 408 g/mol. The third kappa shape index (κ3) is 5.99. The summed E-state index contributed by atoms with van der Waals surface area (Å²) in [4.78, 5) is 35.9. The standard InChI is InChI=1S/C20H33N5O2S/c1-15(2)21-19(26)13-24-8-10-25(11-9-24)20(27)17-4-6-23(7-5-17)12-18-14-28-16(3)22-18/h14-15,17H,4-13H2,1-3H3,(H,21,26). The van der Waals surface area contributed by atoms with Crippen LogP contribution in [0.15, 0.2) is 5.38 Å². The minimum atomic E-state index is 0.0671. The van der Waals surface area contributed by atoms with Crippen molar-refractivity contribution in [3.05, 3.63) is 16.1 Å². The molecular formula is C20H33N5O2S. The van der Waals surface area contributed by atoms with E-state index in [2.05, 4.69) is 25.5 Å². The van der Waals surface area contributed by atoms with Crippen LogP contribution in [0.3, 0.4) is 0 Å². The summed E-state index contributed by atoms with van der Waals surface area (Å²) in [6.07, 6.45) is 1.86. The third-order valence-corrected chi connectivity index (χ3v) is 6.31. The molecule has 1 aromatic rings. The van der Waals surface area contributed by atoms with Gasteiger partial charge in [-0.3, -0.25) is 19.4 Å². The molecule has 0 aliphatic carbocycles. The number of piperazine rings is 1. The zero-order valence-corrected chi connectivity index (χ0v) is 18.1. The zero-order chi connectivity index (χ0) is 20.1. The van der Waals surface area contributed by atoms with E-state index in [4.69, 9.17) is 0 Å². The highest BCUT2D eigenvalue weighted by molar-refractivity contribution is 7.09. The average Bonchev–Trinajstić information content (AvgIpc) is 3.06. The van der Waals surface area contributed by atoms with Gasteiger partial charge in [-0.2, -0.15) is 0 Å². The number of hydrogen-bond acceptors (Lipinski definition) is 6. The van der Waals surface area contributed by atoms with E-state index in [1.54, 1.807) is 11.3 Å². The van der Waals surface area contributed by atoms with Crippen LogP contribution >= 0.6 is 11.3 Å². The van der Waals surface area contributed by atoms with Crippen LogP contribution in [0.2, 0.25) is 0 Å². The van der Waals surface area contributed by atoms with Gasteiger partial charge in [0.25, 0.3) is 0 Å². The fraction of sp³-hybridized carbons (Fsp3) is 0.750. The molecule has 2 saturated heterocycles. The first-order valence-corrected chi connectivity index (χ1v) is 11.2. The first-order valence-electron chi connectivity index (χ1n) is 10.3. The van der Waals surface area contributed by atoms with Crippen LogP contribution in [0.1, 0.15) is 37.4 Å². The second kappa shape index (κ2) is 9.80. The lowest BCUT2D eigenvalue weighted by Gasteiger charge is -2.38. The van der Waals surface area contributed by atoms with Gasteiger partial charge in [-0.15, -0.1) is 11.3 Å². The number of rotatable bonds is 6. The highest BCUT2D eigenvalue weighted by Gasteiger charge is 2.30. The molecular weight excluding hydrogens is 374 g/mol. The van der Waals surface area contributed by atoms with Crippen LogP contribution in [0.4, 0.5) is 0 Å². The number of amides is 2. The highest BCUT2D eigenvalue weighted by Crippen LogP contribution is 2.22. The van der Waals surface area contributed by atoms with Gasteiger partial charge in [-0.25, -0.2) is 4.98 Å². The molecule has 0 spiro atoms. The molecule has 1 aromatic heterocycles. The Morgan fingerprint density at radius 2 is 1.82 bits per heavy atom. The Kier molecular flexibility index (Phi) is 7.42. The second-order valence-electron chi connectivity index (χ2n) is 8.23. The van der Waals surface area contributed by atoms with Gasteiger partial charge in [0.2, 0.25) is 11.8 Å². The van der Waals surface area contributed by atoms with Crippen LogP contribution in [0, 0.1) is 12.8 Å². The molecule has 8 heteroatoms. The summed E-state index contributed by atoms with van der Waals surface area (Å²) in [6, 6.07) is 0.167. The Morgan fingerprint density at radius 1 is 1.14 bits per heavy atom. The van der Waals surface area contributed by atoms with Crippen molar-refractivity contribution in [1.29, 1.82) is 0 Å². The number of carbonyl (C=O) groups is 2. The summed E-state index contributed by atoms with van der Waals surface area (Å²) in [5.41, 5.74) is 1.14. The molecule has 3 rings (SSSR count). The Morgan fingerprint density at radius 3 is 2.39 bits per heavy atom. The maximum absolute atomic E-state index is 12.9. The molecule has 7 nitrogen and oxygen atoms in total. The van der Waals surface area contributed by atoms with Crippen LogP contribution in [-0.4, -0.2) is 83.4 Å². The molecule has 0 radical (unpaired) electrons. The number of nitrogens with zero attached hydrogens (tertiary/aromatic N) is 4. The van der Waals surface area contributed by atoms with Gasteiger partial charge in [0.05, 0.1) is 17.2 Å². The van der Waals surface area contributed by atoms with Gasteiger partial charge >= 0.3 is 0 Å². The molecule has 3 heterocycles. The molecule has 2 aliphatic rings. The van der Waals surface area contributed by atoms with Gasteiger partial charge in [0.1, 0.15) is 0 Å². The van der Waals surface area contributed by atoms with Crippen molar-refractivity contribution in [1.82, 2.24) is 25.0 Å². The number of nitrogens with one attached hydrogen (secondary N) is 1. The van der Waals surface area contributed by atoms with E-state index in [-0.39, 0.29) is 17.9 Å². The number of hydrogen-bond donors (Lipinski definition) is 1. The van der Waals surface area contributed by atoms with E-state index in [1.807, 2.05) is 25.7 Å². The molecule has 1 N–H and O–H groups in total. The van der Waals surface area contributed by atoms with Gasteiger partial charge in [-0.05, 0) is 46.7 Å². The van der Waals surface area contributed by atoms with E-state index in [0.717, 1.165) is 69.4 Å². The minimum absolute atomic E-state index is 0.0671. The molecule has 0 unspecified atom stereocenters. The summed E-state index contributed by atoms with van der Waals surface area (Å²) in [5.74, 6) is 0.511. The molecule has 156 valence electrons. The van der Waals surface area contributed by atoms with Crippen LogP contribution in [-0.2, 0) is 16.1 Å². The van der Waals surface area contributed by atoms with Crippen molar-refractivity contribution in [2.45, 2.75) is 46.2 Å². The van der Waals surface area contributed by atoms with Crippen LogP contribution in [0.25, 0.3) is 0 Å². The first kappa shape index (κ1) is 21.2. The summed E-state index contributed by atoms with van der Waals surface area (Å²) in [7, 11) is 0. The second-order valence-corrected chi connectivity index (χ2v) is 9.29. The third-order valence-electron chi connectivity index (χ3n) is 5.49. The topological polar surface area (TPSA) is 68.8 Å². The van der Waals surface area contributed by atoms with E-state index in [1.165, 1.54) is 0 Å². The van der Waals surface area contributed by atoms with Gasteiger partial charge < -0.3 is 10.2 Å². The number of aryl methyl sites for hydroxylation is 1. The minimum Gasteiger partial charge on any atom is -0.353 e. The maximum Gasteiger partial charge on any atom is 0.234 e. The smallest absolute Gasteiger partial charge is 0.234 e. The lowest BCUT2D eigenvalue weighted by atomic mass is 9.95. The first-order chi connectivity index (χ1) is 13.4. The van der Waals surface area contributed by atoms with Crippen molar-refractivity contribution < 1.29 is 9.59 Å². The SMILES string of the molecule is Cc1nc(CN2CCC(C(=O)N3CCN(CC(=O)NC(C)C)CC3)CC2)cs1. The normalized spacial score (nSPS) is 19.9. The highest BCUT2D eigenvalue weighted by atomic mass is 32.1. The van der Waals surface area contributed by atoms with Crippen LogP contribution < -0.4 is 5.32 Å². The quantitative estimate of drug-likeness (QED) is 0.771. The van der Waals surface area contributed by atoms with Gasteiger partial charge in [0, 0.05) is 50.1 Å².